The van der Waals surface area contributed by atoms with Crippen LogP contribution in [0.25, 0.3) is 0 Å². The van der Waals surface area contributed by atoms with Gasteiger partial charge in [0.25, 0.3) is 0 Å². The smallest absolute Gasteiger partial charge is 0.414 e. The molecule has 0 aliphatic rings. The molecule has 0 radical (unpaired) electrons. The molecule has 2 N–H and O–H groups in total. The minimum Gasteiger partial charge on any atom is -0.464 e. The second-order valence-electron chi connectivity index (χ2n) is 5.57. The van der Waals surface area contributed by atoms with Gasteiger partial charge < -0.3 is 19.1 Å². The standard InChI is InChI=1S/C18H25N3O6/c1-3-9-25-16(23)13-21(2)17(19)20-18(24)27-11-10-26-15(22)12-14-7-5-4-6-8-14/h4-8H,3,9-13H2,1-2H3,(H2,19,20,24). The summed E-state index contributed by atoms with van der Waals surface area (Å²) in [6, 6.07) is 9.12. The fourth-order valence-corrected chi connectivity index (χ4v) is 1.87. The molecule has 9 nitrogen and oxygen atoms in total. The number of ether oxygens (including phenoxy) is 3. The van der Waals surface area contributed by atoms with E-state index in [4.69, 9.17) is 19.6 Å². The number of hydrogen-bond acceptors (Lipinski definition) is 7. The first-order chi connectivity index (χ1) is 12.9. The molecule has 0 bridgehead atoms. The number of rotatable bonds is 9. The van der Waals surface area contributed by atoms with Crippen LogP contribution < -0.4 is 5.32 Å². The van der Waals surface area contributed by atoms with Crippen molar-refractivity contribution in [2.75, 3.05) is 33.4 Å². The van der Waals surface area contributed by atoms with Gasteiger partial charge in [-0.1, -0.05) is 37.3 Å². The topological polar surface area (TPSA) is 118 Å². The molecule has 0 aromatic heterocycles. The summed E-state index contributed by atoms with van der Waals surface area (Å²) in [7, 11) is 1.46. The van der Waals surface area contributed by atoms with Crippen LogP contribution in [0.5, 0.6) is 0 Å². The number of nitrogens with one attached hydrogen (secondary N) is 2. The van der Waals surface area contributed by atoms with Crippen molar-refractivity contribution in [2.45, 2.75) is 19.8 Å². The minimum atomic E-state index is -0.882. The molecular weight excluding hydrogens is 354 g/mol. The Hall–Kier alpha value is -3.10. The van der Waals surface area contributed by atoms with Crippen LogP contribution in [0, 0.1) is 5.41 Å². The summed E-state index contributed by atoms with van der Waals surface area (Å²) >= 11 is 0. The second-order valence-corrected chi connectivity index (χ2v) is 5.57. The average Bonchev–Trinajstić information content (AvgIpc) is 2.64. The first-order valence-electron chi connectivity index (χ1n) is 8.51. The predicted molar refractivity (Wildman–Crippen MR) is 97.2 cm³/mol. The fraction of sp³-hybridized carbons (Fsp3) is 0.444. The zero-order chi connectivity index (χ0) is 20.1. The third-order valence-corrected chi connectivity index (χ3v) is 3.21. The molecule has 9 heteroatoms. The van der Waals surface area contributed by atoms with Crippen LogP contribution in [0.4, 0.5) is 4.79 Å². The van der Waals surface area contributed by atoms with Crippen molar-refractivity contribution in [2.24, 2.45) is 0 Å². The van der Waals surface area contributed by atoms with Crippen molar-refractivity contribution < 1.29 is 28.6 Å². The number of guanidine groups is 1. The Balaban J connectivity index is 2.18. The average molecular weight is 379 g/mol. The lowest BCUT2D eigenvalue weighted by atomic mass is 10.2. The summed E-state index contributed by atoms with van der Waals surface area (Å²) in [5.41, 5.74) is 0.829. The number of nitrogens with zero attached hydrogens (tertiary/aromatic N) is 1. The molecule has 0 aliphatic carbocycles. The molecule has 1 aromatic rings. The van der Waals surface area contributed by atoms with Gasteiger partial charge in [0, 0.05) is 7.05 Å². The molecule has 1 aromatic carbocycles. The van der Waals surface area contributed by atoms with Crippen LogP contribution >= 0.6 is 0 Å². The fourth-order valence-electron chi connectivity index (χ4n) is 1.87. The normalized spacial score (nSPS) is 9.85. The molecule has 0 saturated heterocycles. The molecule has 0 unspecified atom stereocenters. The molecular formula is C18H25N3O6. The van der Waals surface area contributed by atoms with Crippen LogP contribution in [0.3, 0.4) is 0 Å². The zero-order valence-corrected chi connectivity index (χ0v) is 15.5. The van der Waals surface area contributed by atoms with Crippen LogP contribution in [0.15, 0.2) is 30.3 Å². The van der Waals surface area contributed by atoms with E-state index in [0.717, 1.165) is 5.56 Å². The van der Waals surface area contributed by atoms with Gasteiger partial charge in [0.2, 0.25) is 5.96 Å². The molecule has 0 spiro atoms. The van der Waals surface area contributed by atoms with Crippen LogP contribution in [-0.2, 0) is 30.2 Å². The van der Waals surface area contributed by atoms with Gasteiger partial charge in [-0.3, -0.25) is 20.3 Å². The van der Waals surface area contributed by atoms with Gasteiger partial charge in [0.1, 0.15) is 19.8 Å². The lowest BCUT2D eigenvalue weighted by Gasteiger charge is -2.18. The Bertz CT molecular complexity index is 635. The number of alkyl carbamates (subject to hydrolysis) is 1. The molecule has 148 valence electrons. The molecule has 0 heterocycles. The summed E-state index contributed by atoms with van der Waals surface area (Å²) in [4.78, 5) is 35.9. The summed E-state index contributed by atoms with van der Waals surface area (Å²) in [6.07, 6.45) is -0.0443. The number of likely N-dealkylation sites (N-methyl/N-ethyl adjacent to an activating group) is 1. The van der Waals surface area contributed by atoms with E-state index >= 15 is 0 Å². The quantitative estimate of drug-likeness (QED) is 0.218. The molecule has 0 saturated carbocycles. The SMILES string of the molecule is CCCOC(=O)CN(C)C(=N)NC(=O)OCCOC(=O)Cc1ccccc1. The van der Waals surface area contributed by atoms with Gasteiger partial charge in [0.15, 0.2) is 0 Å². The van der Waals surface area contributed by atoms with E-state index in [-0.39, 0.29) is 32.1 Å². The molecule has 1 rings (SSSR count). The highest BCUT2D eigenvalue weighted by Crippen LogP contribution is 2.00. The number of amides is 1. The zero-order valence-electron chi connectivity index (χ0n) is 15.5. The van der Waals surface area contributed by atoms with E-state index < -0.39 is 18.0 Å². The van der Waals surface area contributed by atoms with E-state index in [1.54, 1.807) is 0 Å². The van der Waals surface area contributed by atoms with E-state index in [9.17, 15) is 14.4 Å². The van der Waals surface area contributed by atoms with Crippen LogP contribution in [-0.4, -0.2) is 62.3 Å². The van der Waals surface area contributed by atoms with Crippen molar-refractivity contribution in [1.82, 2.24) is 10.2 Å². The Morgan fingerprint density at radius 3 is 2.30 bits per heavy atom. The lowest BCUT2D eigenvalue weighted by molar-refractivity contribution is -0.144. The summed E-state index contributed by atoms with van der Waals surface area (Å²) < 4.78 is 14.7. The highest BCUT2D eigenvalue weighted by Gasteiger charge is 2.14. The molecule has 1 amide bonds. The van der Waals surface area contributed by atoms with Gasteiger partial charge in [0.05, 0.1) is 13.0 Å². The van der Waals surface area contributed by atoms with Crippen molar-refractivity contribution >= 4 is 24.0 Å². The molecule has 0 atom stereocenters. The lowest BCUT2D eigenvalue weighted by Crippen LogP contribution is -2.44. The second kappa shape index (κ2) is 12.3. The van der Waals surface area contributed by atoms with Crippen molar-refractivity contribution in [3.63, 3.8) is 0 Å². The number of carbonyl (C=O) groups is 3. The number of esters is 2. The first-order valence-corrected chi connectivity index (χ1v) is 8.51. The first kappa shape index (κ1) is 21.9. The molecule has 0 aliphatic heterocycles. The number of carbonyl (C=O) groups excluding carboxylic acids is 3. The Morgan fingerprint density at radius 2 is 1.63 bits per heavy atom. The Labute approximate surface area is 158 Å². The Morgan fingerprint density at radius 1 is 1.00 bits per heavy atom. The van der Waals surface area contributed by atoms with Crippen LogP contribution in [0.1, 0.15) is 18.9 Å². The van der Waals surface area contributed by atoms with Gasteiger partial charge in [-0.05, 0) is 12.0 Å². The van der Waals surface area contributed by atoms with E-state index in [1.165, 1.54) is 11.9 Å². The van der Waals surface area contributed by atoms with Gasteiger partial charge in [-0.2, -0.15) is 0 Å². The van der Waals surface area contributed by atoms with E-state index in [2.05, 4.69) is 5.32 Å². The van der Waals surface area contributed by atoms with Gasteiger partial charge >= 0.3 is 18.0 Å². The number of benzene rings is 1. The summed E-state index contributed by atoms with van der Waals surface area (Å²) in [5.74, 6) is -1.23. The minimum absolute atomic E-state index is 0.0917. The summed E-state index contributed by atoms with van der Waals surface area (Å²) in [6.45, 7) is 1.76. The number of hydrogen-bond donors (Lipinski definition) is 2. The van der Waals surface area contributed by atoms with Crippen molar-refractivity contribution in [1.29, 1.82) is 5.41 Å². The van der Waals surface area contributed by atoms with E-state index in [0.29, 0.717) is 13.0 Å². The maximum Gasteiger partial charge on any atom is 0.414 e. The monoisotopic (exact) mass is 379 g/mol. The highest BCUT2D eigenvalue weighted by atomic mass is 16.6. The summed E-state index contributed by atoms with van der Waals surface area (Å²) in [5, 5.41) is 9.86. The van der Waals surface area contributed by atoms with Gasteiger partial charge in [-0.25, -0.2) is 4.79 Å². The largest absolute Gasteiger partial charge is 0.464 e. The highest BCUT2D eigenvalue weighted by molar-refractivity contribution is 5.93. The maximum absolute atomic E-state index is 11.6. The van der Waals surface area contributed by atoms with Gasteiger partial charge in [-0.15, -0.1) is 0 Å². The molecule has 0 fully saturated rings. The van der Waals surface area contributed by atoms with E-state index in [1.807, 2.05) is 37.3 Å². The third-order valence-electron chi connectivity index (χ3n) is 3.21. The maximum atomic E-state index is 11.6. The Kier molecular flexibility index (Phi) is 9.98. The third kappa shape index (κ3) is 9.83. The predicted octanol–water partition coefficient (Wildman–Crippen LogP) is 1.32. The van der Waals surface area contributed by atoms with Crippen LogP contribution in [0.2, 0.25) is 0 Å². The van der Waals surface area contributed by atoms with Crippen molar-refractivity contribution in [3.8, 4) is 0 Å². The molecule has 27 heavy (non-hydrogen) atoms. The van der Waals surface area contributed by atoms with Crippen molar-refractivity contribution in [3.05, 3.63) is 35.9 Å².